The molecule has 3 rings (SSSR count). The second kappa shape index (κ2) is 11.0. The number of hydrogen-bond donors (Lipinski definition) is 4. The second-order valence-electron chi connectivity index (χ2n) is 7.18. The summed E-state index contributed by atoms with van der Waals surface area (Å²) in [6.45, 7) is -0.291. The van der Waals surface area contributed by atoms with E-state index in [1.54, 1.807) is 0 Å². The number of alkyl carbamates (subject to hydrolysis) is 1. The lowest BCUT2D eigenvalue weighted by Crippen LogP contribution is -2.47. The predicted molar refractivity (Wildman–Crippen MR) is 117 cm³/mol. The van der Waals surface area contributed by atoms with E-state index in [0.29, 0.717) is 0 Å². The first-order chi connectivity index (χ1) is 15.5. The number of carboxylic acid groups (broad SMARTS) is 1. The molecule has 2 aromatic rings. The predicted octanol–water partition coefficient (Wildman–Crippen LogP) is 1.87. The molecule has 8 nitrogen and oxygen atoms in total. The van der Waals surface area contributed by atoms with Crippen molar-refractivity contribution in [3.63, 3.8) is 0 Å². The Labute approximate surface area is 185 Å². The number of rotatable bonds is 8. The Balaban J connectivity index is 1.63. The minimum atomic E-state index is -1.09. The summed E-state index contributed by atoms with van der Waals surface area (Å²) in [5, 5.41) is 22.5. The number of amides is 2. The molecule has 1 aliphatic rings. The highest BCUT2D eigenvalue weighted by molar-refractivity contribution is 5.86. The number of carbonyl (C=O) groups excluding carboxylic acids is 2. The smallest absolute Gasteiger partial charge is 0.407 e. The summed E-state index contributed by atoms with van der Waals surface area (Å²) in [6.07, 6.45) is -1.21. The summed E-state index contributed by atoms with van der Waals surface area (Å²) in [5.74, 6) is 3.12. The number of aliphatic hydroxyl groups excluding tert-OH is 1. The van der Waals surface area contributed by atoms with Gasteiger partial charge in [-0.3, -0.25) is 9.59 Å². The van der Waals surface area contributed by atoms with Crippen molar-refractivity contribution in [3.8, 4) is 23.0 Å². The largest absolute Gasteiger partial charge is 0.481 e. The van der Waals surface area contributed by atoms with E-state index in [0.717, 1.165) is 22.3 Å². The normalized spacial score (nSPS) is 12.5. The average molecular weight is 436 g/mol. The lowest BCUT2D eigenvalue weighted by molar-refractivity contribution is -0.137. The van der Waals surface area contributed by atoms with Crippen molar-refractivity contribution in [1.29, 1.82) is 0 Å². The monoisotopic (exact) mass is 436 g/mol. The average Bonchev–Trinajstić information content (AvgIpc) is 3.11. The number of ether oxygens (including phenoxy) is 1. The number of carboxylic acids is 1. The minimum Gasteiger partial charge on any atom is -0.481 e. The third-order valence-corrected chi connectivity index (χ3v) is 5.15. The zero-order valence-electron chi connectivity index (χ0n) is 17.3. The minimum absolute atomic E-state index is 0.0324. The molecule has 8 heteroatoms. The molecule has 1 atom stereocenters. The highest BCUT2D eigenvalue weighted by atomic mass is 16.5. The van der Waals surface area contributed by atoms with Crippen LogP contribution in [0.1, 0.15) is 29.9 Å². The first kappa shape index (κ1) is 22.8. The first-order valence-electron chi connectivity index (χ1n) is 10.2. The van der Waals surface area contributed by atoms with Crippen LogP contribution in [0, 0.1) is 11.8 Å². The molecular weight excluding hydrogens is 412 g/mol. The van der Waals surface area contributed by atoms with E-state index < -0.39 is 24.0 Å². The Morgan fingerprint density at radius 1 is 1.00 bits per heavy atom. The van der Waals surface area contributed by atoms with Crippen molar-refractivity contribution in [3.05, 3.63) is 59.7 Å². The molecule has 2 amide bonds. The Morgan fingerprint density at radius 3 is 2.22 bits per heavy atom. The second-order valence-corrected chi connectivity index (χ2v) is 7.18. The Morgan fingerprint density at radius 2 is 1.62 bits per heavy atom. The molecule has 0 saturated heterocycles. The Kier molecular flexibility index (Phi) is 7.84. The summed E-state index contributed by atoms with van der Waals surface area (Å²) in [5.41, 5.74) is 4.31. The van der Waals surface area contributed by atoms with Gasteiger partial charge in [0.2, 0.25) is 5.91 Å². The number of aliphatic hydroxyl groups is 1. The molecule has 0 aromatic heterocycles. The van der Waals surface area contributed by atoms with Gasteiger partial charge in [0.05, 0.1) is 6.54 Å². The van der Waals surface area contributed by atoms with Crippen LogP contribution in [0.4, 0.5) is 4.79 Å². The van der Waals surface area contributed by atoms with Crippen molar-refractivity contribution in [1.82, 2.24) is 10.6 Å². The van der Waals surface area contributed by atoms with Gasteiger partial charge in [-0.25, -0.2) is 4.79 Å². The van der Waals surface area contributed by atoms with E-state index in [9.17, 15) is 14.4 Å². The number of nitrogens with one attached hydrogen (secondary N) is 2. The third kappa shape index (κ3) is 5.65. The van der Waals surface area contributed by atoms with Crippen LogP contribution in [0.25, 0.3) is 11.1 Å². The summed E-state index contributed by atoms with van der Waals surface area (Å²) < 4.78 is 5.43. The lowest BCUT2D eigenvalue weighted by Gasteiger charge is -2.19. The number of hydrogen-bond acceptors (Lipinski definition) is 5. The van der Waals surface area contributed by atoms with E-state index in [1.165, 1.54) is 0 Å². The molecular formula is C24H24N2O6. The van der Waals surface area contributed by atoms with Crippen LogP contribution in [0.3, 0.4) is 0 Å². The summed E-state index contributed by atoms with van der Waals surface area (Å²) in [6, 6.07) is 14.8. The van der Waals surface area contributed by atoms with Gasteiger partial charge < -0.3 is 25.6 Å². The fourth-order valence-electron chi connectivity index (χ4n) is 3.69. The Hall–Kier alpha value is -3.83. The number of carbonyl (C=O) groups is 3. The van der Waals surface area contributed by atoms with E-state index in [1.807, 2.05) is 48.5 Å². The van der Waals surface area contributed by atoms with Gasteiger partial charge in [-0.2, -0.15) is 0 Å². The van der Waals surface area contributed by atoms with Gasteiger partial charge in [-0.1, -0.05) is 60.4 Å². The summed E-state index contributed by atoms with van der Waals surface area (Å²) >= 11 is 0. The molecule has 0 bridgehead atoms. The van der Waals surface area contributed by atoms with Gasteiger partial charge in [0, 0.05) is 12.3 Å². The molecule has 0 aliphatic heterocycles. The molecule has 2 aromatic carbocycles. The van der Waals surface area contributed by atoms with Gasteiger partial charge in [0.25, 0.3) is 0 Å². The van der Waals surface area contributed by atoms with Crippen LogP contribution in [0.5, 0.6) is 0 Å². The maximum absolute atomic E-state index is 12.4. The molecule has 32 heavy (non-hydrogen) atoms. The number of fused-ring (bicyclic) bond motifs is 3. The van der Waals surface area contributed by atoms with Crippen LogP contribution in [0.15, 0.2) is 48.5 Å². The maximum Gasteiger partial charge on any atom is 0.407 e. The molecule has 0 heterocycles. The molecule has 1 unspecified atom stereocenters. The van der Waals surface area contributed by atoms with Gasteiger partial charge in [0.1, 0.15) is 19.3 Å². The first-order valence-corrected chi connectivity index (χ1v) is 10.2. The van der Waals surface area contributed by atoms with Crippen molar-refractivity contribution >= 4 is 18.0 Å². The van der Waals surface area contributed by atoms with E-state index in [-0.39, 0.29) is 38.5 Å². The molecule has 0 radical (unpaired) electrons. The third-order valence-electron chi connectivity index (χ3n) is 5.15. The molecule has 0 saturated carbocycles. The number of benzene rings is 2. The zero-order chi connectivity index (χ0) is 22.9. The van der Waals surface area contributed by atoms with Gasteiger partial charge in [0.15, 0.2) is 0 Å². The quantitative estimate of drug-likeness (QED) is 0.468. The molecule has 1 aliphatic carbocycles. The zero-order valence-corrected chi connectivity index (χ0v) is 17.3. The van der Waals surface area contributed by atoms with E-state index in [2.05, 4.69) is 22.5 Å². The maximum atomic E-state index is 12.4. The molecule has 166 valence electrons. The van der Waals surface area contributed by atoms with Gasteiger partial charge in [-0.15, -0.1) is 0 Å². The van der Waals surface area contributed by atoms with Crippen molar-refractivity contribution < 1.29 is 29.3 Å². The highest BCUT2D eigenvalue weighted by Gasteiger charge is 2.29. The van der Waals surface area contributed by atoms with Crippen molar-refractivity contribution in [2.45, 2.75) is 24.8 Å². The van der Waals surface area contributed by atoms with Gasteiger partial charge >= 0.3 is 12.1 Å². The van der Waals surface area contributed by atoms with Crippen LogP contribution < -0.4 is 10.6 Å². The SMILES string of the molecule is O=C(O)CCC(NC(=O)OCC1c2ccccc2-c2ccccc21)C(=O)NCC#CCO. The highest BCUT2D eigenvalue weighted by Crippen LogP contribution is 2.44. The fourth-order valence-corrected chi connectivity index (χ4v) is 3.69. The fraction of sp³-hybridized carbons (Fsp3) is 0.292. The van der Waals surface area contributed by atoms with Crippen LogP contribution in [0.2, 0.25) is 0 Å². The van der Waals surface area contributed by atoms with Crippen LogP contribution in [-0.4, -0.2) is 54.0 Å². The van der Waals surface area contributed by atoms with Crippen LogP contribution in [-0.2, 0) is 14.3 Å². The van der Waals surface area contributed by atoms with Crippen molar-refractivity contribution in [2.24, 2.45) is 0 Å². The molecule has 0 fully saturated rings. The lowest BCUT2D eigenvalue weighted by atomic mass is 9.98. The molecule has 0 spiro atoms. The standard InChI is InChI=1S/C24H24N2O6/c27-14-6-5-13-25-23(30)21(11-12-22(28)29)26-24(31)32-15-20-18-9-3-1-7-16(18)17-8-2-4-10-19(17)20/h1-4,7-10,20-21,27H,11-15H2,(H,25,30)(H,26,31)(H,28,29). The summed E-state index contributed by atoms with van der Waals surface area (Å²) in [7, 11) is 0. The molecule has 4 N–H and O–H groups in total. The Bertz CT molecular complexity index is 1010. The van der Waals surface area contributed by atoms with E-state index >= 15 is 0 Å². The van der Waals surface area contributed by atoms with Crippen molar-refractivity contribution in [2.75, 3.05) is 19.8 Å². The van der Waals surface area contributed by atoms with E-state index in [4.69, 9.17) is 14.9 Å². The van der Waals surface area contributed by atoms with Gasteiger partial charge in [-0.05, 0) is 28.7 Å². The topological polar surface area (TPSA) is 125 Å². The van der Waals surface area contributed by atoms with Crippen LogP contribution >= 0.6 is 0 Å². The number of aliphatic carboxylic acids is 1. The summed E-state index contributed by atoms with van der Waals surface area (Å²) in [4.78, 5) is 35.7.